The third-order valence-electron chi connectivity index (χ3n) is 2.06. The molecule has 4 nitrogen and oxygen atoms in total. The van der Waals surface area contributed by atoms with Crippen molar-refractivity contribution in [2.75, 3.05) is 0 Å². The van der Waals surface area contributed by atoms with Crippen LogP contribution in [-0.4, -0.2) is 8.42 Å². The Morgan fingerprint density at radius 3 is 1.88 bits per heavy atom. The zero-order valence-corrected chi connectivity index (χ0v) is 9.71. The number of rotatable bonds is 3. The van der Waals surface area contributed by atoms with Crippen molar-refractivity contribution in [3.8, 4) is 0 Å². The van der Waals surface area contributed by atoms with Crippen molar-refractivity contribution in [3.63, 3.8) is 0 Å². The predicted octanol–water partition coefficient (Wildman–Crippen LogP) is 3.16. The maximum atomic E-state index is 11.7. The molecule has 0 aliphatic carbocycles. The van der Waals surface area contributed by atoms with E-state index in [1.54, 1.807) is 42.5 Å². The van der Waals surface area contributed by atoms with Crippen LogP contribution in [0.2, 0.25) is 0 Å². The van der Waals surface area contributed by atoms with Crippen LogP contribution >= 0.6 is 0 Å². The van der Waals surface area contributed by atoms with Gasteiger partial charge in [-0.2, -0.15) is 8.42 Å². The second-order valence-corrected chi connectivity index (χ2v) is 4.89. The molecule has 86 valence electrons. The van der Waals surface area contributed by atoms with Gasteiger partial charge in [-0.3, -0.25) is 0 Å². The molecule has 2 aromatic carbocycles. The van der Waals surface area contributed by atoms with Crippen LogP contribution in [0.15, 0.2) is 75.2 Å². The molecule has 0 N–H and O–H groups in total. The molecule has 0 spiro atoms. The minimum Gasteiger partial charge on any atom is -0.198 e. The molecule has 0 radical (unpaired) electrons. The molecular weight excluding hydrogens is 236 g/mol. The van der Waals surface area contributed by atoms with Gasteiger partial charge >= 0.3 is 0 Å². The second-order valence-electron chi connectivity index (χ2n) is 3.31. The van der Waals surface area contributed by atoms with E-state index in [-0.39, 0.29) is 4.90 Å². The summed E-state index contributed by atoms with van der Waals surface area (Å²) in [5.41, 5.74) is 0.506. The molecule has 5 heteroatoms. The molecule has 0 fully saturated rings. The van der Waals surface area contributed by atoms with Gasteiger partial charge < -0.3 is 0 Å². The highest BCUT2D eigenvalue weighted by Crippen LogP contribution is 2.16. The SMILES string of the molecule is O=S(=O)(N=Nc1ccccc1)c1ccccc1. The molecule has 0 aromatic heterocycles. The van der Waals surface area contributed by atoms with Gasteiger partial charge in [0.15, 0.2) is 0 Å². The van der Waals surface area contributed by atoms with Crippen molar-refractivity contribution in [3.05, 3.63) is 60.7 Å². The molecule has 0 atom stereocenters. The molecule has 0 unspecified atom stereocenters. The Hall–Kier alpha value is -2.01. The average Bonchev–Trinajstić information content (AvgIpc) is 2.39. The number of hydrogen-bond donors (Lipinski definition) is 0. The number of hydrogen-bond acceptors (Lipinski definition) is 3. The van der Waals surface area contributed by atoms with E-state index in [4.69, 9.17) is 0 Å². The number of sulfonamides is 1. The lowest BCUT2D eigenvalue weighted by atomic mass is 10.3. The van der Waals surface area contributed by atoms with E-state index in [9.17, 15) is 8.42 Å². The van der Waals surface area contributed by atoms with Crippen LogP contribution in [0.1, 0.15) is 0 Å². The van der Waals surface area contributed by atoms with E-state index >= 15 is 0 Å². The second kappa shape index (κ2) is 4.88. The standard InChI is InChI=1S/C12H10N2O2S/c15-17(16,12-9-5-2-6-10-12)14-13-11-7-3-1-4-8-11/h1-10H. The van der Waals surface area contributed by atoms with Gasteiger partial charge in [-0.1, -0.05) is 40.9 Å². The summed E-state index contributed by atoms with van der Waals surface area (Å²) in [5, 5.41) is 3.69. The summed E-state index contributed by atoms with van der Waals surface area (Å²) in [5.74, 6) is 0. The van der Waals surface area contributed by atoms with E-state index in [0.717, 1.165) is 0 Å². The fourth-order valence-corrected chi connectivity index (χ4v) is 2.03. The number of benzene rings is 2. The Bertz CT molecular complexity index is 607. The zero-order valence-electron chi connectivity index (χ0n) is 8.89. The monoisotopic (exact) mass is 246 g/mol. The van der Waals surface area contributed by atoms with Crippen LogP contribution in [0.3, 0.4) is 0 Å². The molecule has 17 heavy (non-hydrogen) atoms. The van der Waals surface area contributed by atoms with Gasteiger partial charge in [0.25, 0.3) is 10.0 Å². The lowest BCUT2D eigenvalue weighted by molar-refractivity contribution is 0.595. The van der Waals surface area contributed by atoms with Crippen LogP contribution in [0, 0.1) is 0 Å². The lowest BCUT2D eigenvalue weighted by Gasteiger charge is -1.96. The topological polar surface area (TPSA) is 58.9 Å². The van der Waals surface area contributed by atoms with E-state index in [2.05, 4.69) is 9.63 Å². The van der Waals surface area contributed by atoms with E-state index in [0.29, 0.717) is 5.69 Å². The fourth-order valence-electron chi connectivity index (χ4n) is 1.24. The van der Waals surface area contributed by atoms with Gasteiger partial charge in [-0.05, 0) is 24.3 Å². The predicted molar refractivity (Wildman–Crippen MR) is 64.6 cm³/mol. The quantitative estimate of drug-likeness (QED) is 0.781. The summed E-state index contributed by atoms with van der Waals surface area (Å²) in [7, 11) is -3.70. The molecule has 2 rings (SSSR count). The van der Waals surface area contributed by atoms with Crippen molar-refractivity contribution in [2.24, 2.45) is 9.63 Å². The summed E-state index contributed by atoms with van der Waals surface area (Å²) in [6.45, 7) is 0. The van der Waals surface area contributed by atoms with Gasteiger partial charge in [0, 0.05) is 0 Å². The van der Waals surface area contributed by atoms with Crippen molar-refractivity contribution >= 4 is 15.7 Å². The summed E-state index contributed by atoms with van der Waals surface area (Å²) in [6.07, 6.45) is 0. The minimum absolute atomic E-state index is 0.139. The van der Waals surface area contributed by atoms with Crippen molar-refractivity contribution in [1.82, 2.24) is 0 Å². The van der Waals surface area contributed by atoms with Crippen LogP contribution < -0.4 is 0 Å². The van der Waals surface area contributed by atoms with Crippen molar-refractivity contribution < 1.29 is 8.42 Å². The van der Waals surface area contributed by atoms with Gasteiger partial charge in [0.05, 0.1) is 10.6 Å². The first-order valence-electron chi connectivity index (χ1n) is 4.97. The summed E-state index contributed by atoms with van der Waals surface area (Å²) in [6, 6.07) is 16.7. The van der Waals surface area contributed by atoms with Crippen LogP contribution in [0.4, 0.5) is 5.69 Å². The van der Waals surface area contributed by atoms with Crippen LogP contribution in [0.25, 0.3) is 0 Å². The van der Waals surface area contributed by atoms with E-state index in [1.807, 2.05) is 6.07 Å². The highest BCUT2D eigenvalue weighted by atomic mass is 32.2. The van der Waals surface area contributed by atoms with Gasteiger partial charge in [-0.15, -0.1) is 5.11 Å². The summed E-state index contributed by atoms with van der Waals surface area (Å²) in [4.78, 5) is 0.139. The average molecular weight is 246 g/mol. The largest absolute Gasteiger partial charge is 0.299 e. The van der Waals surface area contributed by atoms with Gasteiger partial charge in [0.2, 0.25) is 0 Å². The minimum atomic E-state index is -3.70. The van der Waals surface area contributed by atoms with E-state index in [1.165, 1.54) is 12.1 Å². The van der Waals surface area contributed by atoms with Gasteiger partial charge in [-0.25, -0.2) is 0 Å². The third kappa shape index (κ3) is 2.98. The van der Waals surface area contributed by atoms with E-state index < -0.39 is 10.0 Å². The molecule has 0 aliphatic heterocycles. The maximum Gasteiger partial charge on any atom is 0.299 e. The molecule has 2 aromatic rings. The Morgan fingerprint density at radius 1 is 0.765 bits per heavy atom. The Labute approximate surface area is 99.7 Å². The van der Waals surface area contributed by atoms with Crippen LogP contribution in [-0.2, 0) is 10.0 Å². The molecule has 0 heterocycles. The summed E-state index contributed by atoms with van der Waals surface area (Å²) >= 11 is 0. The lowest BCUT2D eigenvalue weighted by Crippen LogP contribution is -1.94. The maximum absolute atomic E-state index is 11.7. The van der Waals surface area contributed by atoms with Crippen molar-refractivity contribution in [2.45, 2.75) is 4.90 Å². The first-order valence-corrected chi connectivity index (χ1v) is 6.41. The van der Waals surface area contributed by atoms with Crippen molar-refractivity contribution in [1.29, 1.82) is 0 Å². The van der Waals surface area contributed by atoms with Crippen LogP contribution in [0.5, 0.6) is 0 Å². The molecule has 0 saturated carbocycles. The van der Waals surface area contributed by atoms with Gasteiger partial charge in [0.1, 0.15) is 0 Å². The fraction of sp³-hybridized carbons (Fsp3) is 0. The molecule has 0 saturated heterocycles. The molecule has 0 amide bonds. The molecule has 0 aliphatic rings. The summed E-state index contributed by atoms with van der Waals surface area (Å²) < 4.78 is 26.9. The Morgan fingerprint density at radius 2 is 1.29 bits per heavy atom. The number of nitrogens with zero attached hydrogens (tertiary/aromatic N) is 2. The highest BCUT2D eigenvalue weighted by molar-refractivity contribution is 7.90. The zero-order chi connectivity index (χ0) is 12.1. The Balaban J connectivity index is 2.28. The molecular formula is C12H10N2O2S. The molecule has 0 bridgehead atoms. The first kappa shape index (κ1) is 11.5. The smallest absolute Gasteiger partial charge is 0.198 e. The normalized spacial score (nSPS) is 11.8. The third-order valence-corrected chi connectivity index (χ3v) is 3.23. The highest BCUT2D eigenvalue weighted by Gasteiger charge is 2.11. The Kier molecular flexibility index (Phi) is 3.30. The first-order chi connectivity index (χ1) is 8.18.